The van der Waals surface area contributed by atoms with Gasteiger partial charge in [-0.15, -0.1) is 0 Å². The molecular weight excluding hydrogens is 498 g/mol. The van der Waals surface area contributed by atoms with Crippen molar-refractivity contribution in [3.8, 4) is 11.2 Å². The second kappa shape index (κ2) is 14.4. The monoisotopic (exact) mass is 539 g/mol. The van der Waals surface area contributed by atoms with Crippen molar-refractivity contribution in [1.82, 2.24) is 0 Å². The summed E-state index contributed by atoms with van der Waals surface area (Å²) in [6.45, 7) is 14.6. The number of sulfonamides is 1. The van der Waals surface area contributed by atoms with Crippen LogP contribution >= 0.6 is 0 Å². The van der Waals surface area contributed by atoms with Gasteiger partial charge >= 0.3 is 0 Å². The number of aryl methyl sites for hydroxylation is 1. The van der Waals surface area contributed by atoms with E-state index in [2.05, 4.69) is 49.2 Å². The van der Waals surface area contributed by atoms with Crippen molar-refractivity contribution in [2.45, 2.75) is 76.5 Å². The maximum absolute atomic E-state index is 13.9. The van der Waals surface area contributed by atoms with Crippen LogP contribution < -0.4 is 0 Å². The minimum absolute atomic E-state index is 0.00373. The van der Waals surface area contributed by atoms with Gasteiger partial charge in [0.2, 0.25) is 0 Å². The largest absolute Gasteiger partial charge is 0.291 e. The summed E-state index contributed by atoms with van der Waals surface area (Å²) in [5, 5.41) is 2.77. The Balaban J connectivity index is 2.36. The van der Waals surface area contributed by atoms with Gasteiger partial charge in [-0.05, 0) is 62.3 Å². The highest BCUT2D eigenvalue weighted by atomic mass is 32.3. The molecule has 2 rings (SSSR count). The molecule has 0 heterocycles. The molecule has 0 aliphatic heterocycles. The zero-order valence-corrected chi connectivity index (χ0v) is 24.4. The maximum atomic E-state index is 13.9. The molecule has 0 spiro atoms. The second-order valence-electron chi connectivity index (χ2n) is 10.1. The van der Waals surface area contributed by atoms with Gasteiger partial charge in [0.25, 0.3) is 10.0 Å². The Morgan fingerprint density at radius 3 is 2.19 bits per heavy atom. The topological polar surface area (TPSA) is 63.6 Å². The van der Waals surface area contributed by atoms with E-state index in [1.54, 1.807) is 42.5 Å². The fraction of sp³-hybridized carbons (Fsp3) is 0.419. The van der Waals surface area contributed by atoms with Gasteiger partial charge < -0.3 is 0 Å². The number of allylic oxidation sites excluding steroid dienone is 3. The SMILES string of the molecule is C=C/C=C(\C)[C@H](CCC#CS(=O)(=NS(=O)(=O)c1ccc(C)cc1)c1ccccc1)[C@H](C)CCCC(C)C. The van der Waals surface area contributed by atoms with Crippen LogP contribution in [0.2, 0.25) is 0 Å². The van der Waals surface area contributed by atoms with Crippen LogP contribution in [-0.4, -0.2) is 12.6 Å². The summed E-state index contributed by atoms with van der Waals surface area (Å²) in [5.41, 5.74) is 2.18. The van der Waals surface area contributed by atoms with Crippen molar-refractivity contribution in [3.63, 3.8) is 0 Å². The number of benzene rings is 2. The van der Waals surface area contributed by atoms with Crippen LogP contribution in [-0.2, 0) is 19.8 Å². The van der Waals surface area contributed by atoms with Crippen molar-refractivity contribution in [2.75, 3.05) is 0 Å². The number of hydrogen-bond acceptors (Lipinski definition) is 3. The van der Waals surface area contributed by atoms with Gasteiger partial charge in [0.1, 0.15) is 0 Å². The molecule has 0 bridgehead atoms. The Kier molecular flexibility index (Phi) is 11.9. The van der Waals surface area contributed by atoms with E-state index in [0.717, 1.165) is 18.4 Å². The van der Waals surface area contributed by atoms with Gasteiger partial charge in [-0.1, -0.05) is 110 Å². The Hall–Kier alpha value is -2.62. The van der Waals surface area contributed by atoms with Gasteiger partial charge in [0, 0.05) is 11.7 Å². The molecule has 0 N–H and O–H groups in total. The van der Waals surface area contributed by atoms with Crippen LogP contribution in [0.25, 0.3) is 0 Å². The summed E-state index contributed by atoms with van der Waals surface area (Å²) in [7, 11) is -7.67. The smallest absolute Gasteiger partial charge is 0.230 e. The first-order valence-corrected chi connectivity index (χ1v) is 15.9. The van der Waals surface area contributed by atoms with Gasteiger partial charge in [0.15, 0.2) is 9.73 Å². The molecule has 37 heavy (non-hydrogen) atoms. The van der Waals surface area contributed by atoms with Crippen molar-refractivity contribution >= 4 is 19.8 Å². The molecule has 0 amide bonds. The molecule has 1 unspecified atom stereocenters. The maximum Gasteiger partial charge on any atom is 0.291 e. The lowest BCUT2D eigenvalue weighted by molar-refractivity contribution is 0.346. The third-order valence-corrected chi connectivity index (χ3v) is 10.3. The molecule has 0 aliphatic carbocycles. The first-order valence-electron chi connectivity index (χ1n) is 12.9. The standard InChI is InChI=1S/C31H41NO3S2/c1-7-14-27(5)31(28(6)16-13-15-25(2)3)19-11-12-24-36(33,29-17-9-8-10-18-29)32-37(34,35)30-22-20-26(4)21-23-30/h7-10,14,17-18,20-23,25,28,31H,1,11,13,15-16,19H2,2-6H3/b27-14+/t28-,31+,36?/m1/s1. The summed E-state index contributed by atoms with van der Waals surface area (Å²) < 4.78 is 43.9. The minimum atomic E-state index is -4.16. The lowest BCUT2D eigenvalue weighted by Crippen LogP contribution is -2.13. The van der Waals surface area contributed by atoms with E-state index in [-0.39, 0.29) is 4.90 Å². The van der Waals surface area contributed by atoms with Crippen LogP contribution in [0, 0.1) is 35.9 Å². The predicted molar refractivity (Wildman–Crippen MR) is 156 cm³/mol. The van der Waals surface area contributed by atoms with Gasteiger partial charge in [-0.25, -0.2) is 4.21 Å². The average molecular weight is 540 g/mol. The van der Waals surface area contributed by atoms with Gasteiger partial charge in [-0.2, -0.15) is 8.42 Å². The van der Waals surface area contributed by atoms with E-state index in [1.165, 1.54) is 30.5 Å². The normalized spacial score (nSPS) is 15.2. The van der Waals surface area contributed by atoms with Crippen LogP contribution in [0.5, 0.6) is 0 Å². The molecule has 0 aliphatic rings. The molecule has 0 saturated heterocycles. The molecule has 2 aromatic rings. The molecule has 0 radical (unpaired) electrons. The van der Waals surface area contributed by atoms with Crippen molar-refractivity contribution in [1.29, 1.82) is 0 Å². The van der Waals surface area contributed by atoms with E-state index in [9.17, 15) is 12.6 Å². The molecule has 6 heteroatoms. The molecule has 4 nitrogen and oxygen atoms in total. The molecule has 0 saturated carbocycles. The average Bonchev–Trinajstić information content (AvgIpc) is 2.84. The fourth-order valence-electron chi connectivity index (χ4n) is 4.31. The summed E-state index contributed by atoms with van der Waals surface area (Å²) in [6, 6.07) is 14.8. The lowest BCUT2D eigenvalue weighted by Gasteiger charge is -2.24. The molecule has 2 aromatic carbocycles. The van der Waals surface area contributed by atoms with Crippen LogP contribution in [0.3, 0.4) is 0 Å². The Bertz CT molecular complexity index is 1340. The molecule has 3 atom stereocenters. The number of nitrogens with zero attached hydrogens (tertiary/aromatic N) is 1. The number of rotatable bonds is 12. The quantitative estimate of drug-likeness (QED) is 0.202. The molecular formula is C31H41NO3S2. The summed E-state index contributed by atoms with van der Waals surface area (Å²) in [4.78, 5) is 0.295. The molecule has 200 valence electrons. The van der Waals surface area contributed by atoms with Crippen molar-refractivity contribution in [3.05, 3.63) is 84.5 Å². The van der Waals surface area contributed by atoms with Crippen LogP contribution in [0.1, 0.15) is 65.4 Å². The predicted octanol–water partition coefficient (Wildman–Crippen LogP) is 8.16. The fourth-order valence-corrected chi connectivity index (χ4v) is 7.68. The summed E-state index contributed by atoms with van der Waals surface area (Å²) >= 11 is 0. The van der Waals surface area contributed by atoms with Crippen molar-refractivity contribution in [2.24, 2.45) is 21.5 Å². The van der Waals surface area contributed by atoms with Gasteiger partial charge in [-0.3, -0.25) is 0 Å². The first kappa shape index (κ1) is 30.6. The third kappa shape index (κ3) is 9.64. The Labute approximate surface area is 225 Å². The lowest BCUT2D eigenvalue weighted by atomic mass is 9.81. The zero-order chi connectivity index (χ0) is 27.5. The molecule has 0 aromatic heterocycles. The van der Waals surface area contributed by atoms with E-state index < -0.39 is 19.8 Å². The highest BCUT2D eigenvalue weighted by molar-refractivity contribution is 8.06. The highest BCUT2D eigenvalue weighted by Crippen LogP contribution is 2.30. The third-order valence-electron chi connectivity index (χ3n) is 6.47. The number of hydrogen-bond donors (Lipinski definition) is 0. The first-order chi connectivity index (χ1) is 17.5. The zero-order valence-electron chi connectivity index (χ0n) is 22.8. The van der Waals surface area contributed by atoms with E-state index in [1.807, 2.05) is 19.1 Å². The van der Waals surface area contributed by atoms with E-state index in [4.69, 9.17) is 0 Å². The summed E-state index contributed by atoms with van der Waals surface area (Å²) in [5.74, 6) is 4.51. The van der Waals surface area contributed by atoms with Crippen LogP contribution in [0.15, 0.2) is 92.5 Å². The summed E-state index contributed by atoms with van der Waals surface area (Å²) in [6.07, 6.45) is 8.66. The molecule has 0 fully saturated rings. The van der Waals surface area contributed by atoms with Crippen LogP contribution in [0.4, 0.5) is 0 Å². The minimum Gasteiger partial charge on any atom is -0.230 e. The Morgan fingerprint density at radius 1 is 0.946 bits per heavy atom. The van der Waals surface area contributed by atoms with E-state index >= 15 is 0 Å². The highest BCUT2D eigenvalue weighted by Gasteiger charge is 2.20. The second-order valence-corrected chi connectivity index (χ2v) is 13.8. The van der Waals surface area contributed by atoms with Crippen molar-refractivity contribution < 1.29 is 12.6 Å². The van der Waals surface area contributed by atoms with Gasteiger partial charge in [0.05, 0.1) is 9.79 Å². The van der Waals surface area contributed by atoms with E-state index in [0.29, 0.717) is 29.1 Å². The Morgan fingerprint density at radius 2 is 1.59 bits per heavy atom.